The summed E-state index contributed by atoms with van der Waals surface area (Å²) in [4.78, 5) is 25.8. The first kappa shape index (κ1) is 20.4. The average Bonchev–Trinajstić information content (AvgIpc) is 3.45. The van der Waals surface area contributed by atoms with Gasteiger partial charge in [-0.3, -0.25) is 9.78 Å². The van der Waals surface area contributed by atoms with Crippen molar-refractivity contribution >= 4 is 10.9 Å². The summed E-state index contributed by atoms with van der Waals surface area (Å²) in [5, 5.41) is 1.16. The lowest BCUT2D eigenvalue weighted by Gasteiger charge is -2.14. The van der Waals surface area contributed by atoms with Crippen LogP contribution in [0.25, 0.3) is 22.0 Å². The molecule has 6 heteroatoms. The lowest BCUT2D eigenvalue weighted by Crippen LogP contribution is -2.18. The molecule has 3 unspecified atom stereocenters. The number of hydrogen-bond acceptors (Lipinski definition) is 5. The van der Waals surface area contributed by atoms with Gasteiger partial charge in [0.15, 0.2) is 0 Å². The van der Waals surface area contributed by atoms with Gasteiger partial charge >= 0.3 is 0 Å². The molecule has 3 atom stereocenters. The highest BCUT2D eigenvalue weighted by Gasteiger charge is 2.49. The number of pyridine rings is 2. The predicted octanol–water partition coefficient (Wildman–Crippen LogP) is 4.44. The Morgan fingerprint density at radius 1 is 1.00 bits per heavy atom. The number of ether oxygens (including phenoxy) is 1. The van der Waals surface area contributed by atoms with E-state index in [2.05, 4.69) is 41.2 Å². The van der Waals surface area contributed by atoms with Gasteiger partial charge in [-0.15, -0.1) is 0 Å². The van der Waals surface area contributed by atoms with Crippen LogP contribution < -0.4 is 10.3 Å². The molecule has 32 heavy (non-hydrogen) atoms. The van der Waals surface area contributed by atoms with Gasteiger partial charge in [0.05, 0.1) is 17.7 Å². The molecule has 0 N–H and O–H groups in total. The van der Waals surface area contributed by atoms with E-state index in [0.29, 0.717) is 36.1 Å². The fourth-order valence-electron chi connectivity index (χ4n) is 4.49. The minimum atomic E-state index is -0.0423. The predicted molar refractivity (Wildman–Crippen MR) is 125 cm³/mol. The Labute approximate surface area is 187 Å². The Kier molecular flexibility index (Phi) is 5.00. The quantitative estimate of drug-likeness (QED) is 0.472. The molecule has 0 aliphatic heterocycles. The first-order valence-electron chi connectivity index (χ1n) is 10.9. The Balaban J connectivity index is 1.39. The molecule has 1 fully saturated rings. The van der Waals surface area contributed by atoms with Gasteiger partial charge in [0.1, 0.15) is 5.82 Å². The van der Waals surface area contributed by atoms with Crippen molar-refractivity contribution in [3.05, 3.63) is 82.3 Å². The van der Waals surface area contributed by atoms with E-state index in [0.717, 1.165) is 33.4 Å². The largest absolute Gasteiger partial charge is 0.477 e. The summed E-state index contributed by atoms with van der Waals surface area (Å²) in [6, 6.07) is 15.9. The van der Waals surface area contributed by atoms with Crippen molar-refractivity contribution in [2.75, 3.05) is 6.61 Å². The van der Waals surface area contributed by atoms with Gasteiger partial charge in [0, 0.05) is 53.5 Å². The first-order valence-corrected chi connectivity index (χ1v) is 10.9. The maximum absolute atomic E-state index is 12.0. The second-order valence-corrected chi connectivity index (χ2v) is 8.65. The Morgan fingerprint density at radius 3 is 2.66 bits per heavy atom. The Bertz CT molecular complexity index is 1380. The van der Waals surface area contributed by atoms with Crippen LogP contribution in [0, 0.1) is 25.7 Å². The van der Waals surface area contributed by atoms with E-state index in [9.17, 15) is 4.79 Å². The van der Waals surface area contributed by atoms with Crippen LogP contribution in [-0.2, 0) is 7.05 Å². The van der Waals surface area contributed by atoms with E-state index in [1.807, 2.05) is 32.0 Å². The van der Waals surface area contributed by atoms with Crippen LogP contribution in [-0.4, -0.2) is 26.1 Å². The summed E-state index contributed by atoms with van der Waals surface area (Å²) in [7, 11) is 1.77. The van der Waals surface area contributed by atoms with Crippen LogP contribution in [0.2, 0.25) is 0 Å². The summed E-state index contributed by atoms with van der Waals surface area (Å²) in [5.74, 6) is 2.47. The molecule has 162 valence electrons. The maximum atomic E-state index is 12.0. The maximum Gasteiger partial charge on any atom is 0.250 e. The number of aryl methyl sites for hydroxylation is 1. The van der Waals surface area contributed by atoms with E-state index in [-0.39, 0.29) is 5.56 Å². The molecule has 3 heterocycles. The third-order valence-electron chi connectivity index (χ3n) is 6.72. The van der Waals surface area contributed by atoms with Gasteiger partial charge in [0.2, 0.25) is 11.4 Å². The average molecular weight is 427 g/mol. The molecule has 6 nitrogen and oxygen atoms in total. The second-order valence-electron chi connectivity index (χ2n) is 8.65. The third kappa shape index (κ3) is 3.55. The minimum absolute atomic E-state index is 0.0423. The third-order valence-corrected chi connectivity index (χ3v) is 6.72. The molecular weight excluding hydrogens is 400 g/mol. The molecule has 0 radical (unpaired) electrons. The molecular formula is C26H26N4O2. The zero-order chi connectivity index (χ0) is 22.4. The van der Waals surface area contributed by atoms with Crippen molar-refractivity contribution in [2.24, 2.45) is 18.9 Å². The van der Waals surface area contributed by atoms with Gasteiger partial charge in [-0.1, -0.05) is 31.2 Å². The number of rotatable bonds is 5. The van der Waals surface area contributed by atoms with Crippen molar-refractivity contribution in [3.8, 4) is 17.0 Å². The molecule has 1 saturated carbocycles. The van der Waals surface area contributed by atoms with E-state index in [1.165, 1.54) is 0 Å². The number of fused-ring (bicyclic) bond motifs is 1. The highest BCUT2D eigenvalue weighted by Crippen LogP contribution is 2.53. The molecule has 1 aromatic carbocycles. The monoisotopic (exact) mass is 426 g/mol. The van der Waals surface area contributed by atoms with Crippen LogP contribution in [0.5, 0.6) is 5.88 Å². The summed E-state index contributed by atoms with van der Waals surface area (Å²) >= 11 is 0. The summed E-state index contributed by atoms with van der Waals surface area (Å²) < 4.78 is 7.89. The van der Waals surface area contributed by atoms with Crippen LogP contribution >= 0.6 is 0 Å². The van der Waals surface area contributed by atoms with E-state index >= 15 is 0 Å². The van der Waals surface area contributed by atoms with Crippen molar-refractivity contribution < 1.29 is 4.74 Å². The highest BCUT2D eigenvalue weighted by atomic mass is 16.5. The molecule has 4 aromatic rings. The summed E-state index contributed by atoms with van der Waals surface area (Å²) in [6.07, 6.45) is 1.78. The highest BCUT2D eigenvalue weighted by molar-refractivity contribution is 5.78. The lowest BCUT2D eigenvalue weighted by molar-refractivity contribution is 0.280. The number of aromatic nitrogens is 4. The fourth-order valence-corrected chi connectivity index (χ4v) is 4.49. The van der Waals surface area contributed by atoms with E-state index < -0.39 is 0 Å². The van der Waals surface area contributed by atoms with Crippen LogP contribution in [0.3, 0.4) is 0 Å². The SMILES string of the molecule is Cc1ncc(-c2ccc(=O)n(C)c2C)c(OCC2C(C)C2c2ccc3ccccc3n2)n1. The van der Waals surface area contributed by atoms with Crippen molar-refractivity contribution in [1.82, 2.24) is 19.5 Å². The molecule has 3 aromatic heterocycles. The fraction of sp³-hybridized carbons (Fsp3) is 0.308. The van der Waals surface area contributed by atoms with Crippen LogP contribution in [0.1, 0.15) is 30.1 Å². The smallest absolute Gasteiger partial charge is 0.250 e. The molecule has 5 rings (SSSR count). The number of hydrogen-bond donors (Lipinski definition) is 0. The number of nitrogens with zero attached hydrogens (tertiary/aromatic N) is 4. The summed E-state index contributed by atoms with van der Waals surface area (Å²) in [6.45, 7) is 6.59. The Hall–Kier alpha value is -3.54. The molecule has 1 aliphatic rings. The number of benzene rings is 1. The lowest BCUT2D eigenvalue weighted by atomic mass is 10.1. The summed E-state index contributed by atoms with van der Waals surface area (Å²) in [5.41, 5.74) is 4.67. The van der Waals surface area contributed by atoms with Gasteiger partial charge in [-0.25, -0.2) is 4.98 Å². The topological polar surface area (TPSA) is 69.9 Å². The van der Waals surface area contributed by atoms with Gasteiger partial charge in [0.25, 0.3) is 0 Å². The molecule has 0 spiro atoms. The molecule has 0 amide bonds. The minimum Gasteiger partial charge on any atom is -0.477 e. The molecule has 0 bridgehead atoms. The molecule has 1 aliphatic carbocycles. The van der Waals surface area contributed by atoms with Crippen LogP contribution in [0.15, 0.2) is 59.5 Å². The Morgan fingerprint density at radius 2 is 1.81 bits per heavy atom. The normalized spacial score (nSPS) is 19.8. The first-order chi connectivity index (χ1) is 15.4. The number of para-hydroxylation sites is 1. The van der Waals surface area contributed by atoms with Gasteiger partial charge in [-0.2, -0.15) is 4.98 Å². The van der Waals surface area contributed by atoms with Gasteiger partial charge in [-0.05, 0) is 38.0 Å². The van der Waals surface area contributed by atoms with Gasteiger partial charge < -0.3 is 9.30 Å². The zero-order valence-electron chi connectivity index (χ0n) is 18.7. The van der Waals surface area contributed by atoms with Crippen molar-refractivity contribution in [2.45, 2.75) is 26.7 Å². The van der Waals surface area contributed by atoms with E-state index in [4.69, 9.17) is 9.72 Å². The van der Waals surface area contributed by atoms with E-state index in [1.54, 1.807) is 23.9 Å². The zero-order valence-corrected chi connectivity index (χ0v) is 18.7. The molecule has 0 saturated heterocycles. The van der Waals surface area contributed by atoms with Crippen molar-refractivity contribution in [3.63, 3.8) is 0 Å². The second kappa shape index (κ2) is 7.86. The van der Waals surface area contributed by atoms with Crippen LogP contribution in [0.4, 0.5) is 0 Å². The van der Waals surface area contributed by atoms with Crippen molar-refractivity contribution in [1.29, 1.82) is 0 Å². The standard InChI is InChI=1S/C26H26N4O2/c1-15-21(25(15)23-11-9-18-7-5-6-8-22(18)29-23)14-32-26-20(13-27-17(3)28-26)19-10-12-24(31)30(4)16(19)2/h5-13,15,21,25H,14H2,1-4H3.